The molecule has 0 aliphatic carbocycles. The van der Waals surface area contributed by atoms with Crippen LogP contribution in [0.25, 0.3) is 21.9 Å². The standard InChI is InChI=1S/C29H27ClN2O/c30-27-13-11-23(12-14-27)22-7-9-24(10-8-22)29(33)31-19-26-5-3-4-25-18-21(6-15-28(25)26)20-32-16-1-2-17-32/h3-15,18H,1-2,16-17,19-20H2,(H,31,33). The van der Waals surface area contributed by atoms with Gasteiger partial charge >= 0.3 is 0 Å². The van der Waals surface area contributed by atoms with Crippen molar-refractivity contribution in [1.82, 2.24) is 10.2 Å². The lowest BCUT2D eigenvalue weighted by atomic mass is 10.0. The SMILES string of the molecule is O=C(NCc1cccc2cc(CN3CCCC3)ccc12)c1ccc(-c2ccc(Cl)cc2)cc1. The number of nitrogens with zero attached hydrogens (tertiary/aromatic N) is 1. The zero-order valence-corrected chi connectivity index (χ0v) is 19.3. The molecule has 1 aliphatic heterocycles. The summed E-state index contributed by atoms with van der Waals surface area (Å²) in [6.45, 7) is 3.92. The average Bonchev–Trinajstić information content (AvgIpc) is 3.36. The average molecular weight is 455 g/mol. The third-order valence-electron chi connectivity index (χ3n) is 6.40. The quantitative estimate of drug-likeness (QED) is 0.352. The molecule has 0 atom stereocenters. The summed E-state index contributed by atoms with van der Waals surface area (Å²) in [6, 6.07) is 28.4. The van der Waals surface area contributed by atoms with Gasteiger partial charge in [0.1, 0.15) is 0 Å². The van der Waals surface area contributed by atoms with E-state index in [0.717, 1.165) is 23.2 Å². The van der Waals surface area contributed by atoms with E-state index in [9.17, 15) is 4.79 Å². The molecule has 4 aromatic rings. The van der Waals surface area contributed by atoms with Crippen LogP contribution in [0.5, 0.6) is 0 Å². The maximum absolute atomic E-state index is 12.8. The molecular weight excluding hydrogens is 428 g/mol. The molecule has 1 fully saturated rings. The number of benzene rings is 4. The van der Waals surface area contributed by atoms with Crippen molar-refractivity contribution in [3.05, 3.63) is 107 Å². The van der Waals surface area contributed by atoms with E-state index in [1.807, 2.05) is 48.5 Å². The summed E-state index contributed by atoms with van der Waals surface area (Å²) >= 11 is 5.97. The summed E-state index contributed by atoms with van der Waals surface area (Å²) in [7, 11) is 0. The van der Waals surface area contributed by atoms with E-state index < -0.39 is 0 Å². The summed E-state index contributed by atoms with van der Waals surface area (Å²) in [5.74, 6) is -0.0692. The van der Waals surface area contributed by atoms with Gasteiger partial charge in [-0.1, -0.05) is 66.2 Å². The van der Waals surface area contributed by atoms with Gasteiger partial charge in [-0.15, -0.1) is 0 Å². The van der Waals surface area contributed by atoms with Crippen molar-refractivity contribution in [3.8, 4) is 11.1 Å². The molecule has 0 saturated carbocycles. The molecule has 166 valence electrons. The number of likely N-dealkylation sites (tertiary alicyclic amines) is 1. The second-order valence-electron chi connectivity index (χ2n) is 8.72. The monoisotopic (exact) mass is 454 g/mol. The number of amides is 1. The fourth-order valence-corrected chi connectivity index (χ4v) is 4.71. The predicted octanol–water partition coefficient (Wildman–Crippen LogP) is 6.69. The Morgan fingerprint density at radius 2 is 1.55 bits per heavy atom. The molecule has 1 amide bonds. The first kappa shape index (κ1) is 21.7. The Bertz CT molecular complexity index is 1260. The molecule has 4 aromatic carbocycles. The van der Waals surface area contributed by atoms with Crippen molar-refractivity contribution in [2.24, 2.45) is 0 Å². The maximum atomic E-state index is 12.8. The van der Waals surface area contributed by atoms with Crippen LogP contribution in [0, 0.1) is 0 Å². The van der Waals surface area contributed by atoms with Gasteiger partial charge in [-0.2, -0.15) is 0 Å². The number of carbonyl (C=O) groups excluding carboxylic acids is 1. The first-order valence-corrected chi connectivity index (χ1v) is 11.9. The number of hydrogen-bond acceptors (Lipinski definition) is 2. The van der Waals surface area contributed by atoms with Gasteiger partial charge in [0.2, 0.25) is 0 Å². The Hall–Kier alpha value is -3.14. The highest BCUT2D eigenvalue weighted by molar-refractivity contribution is 6.30. The molecule has 1 N–H and O–H groups in total. The third kappa shape index (κ3) is 5.11. The molecule has 33 heavy (non-hydrogen) atoms. The Morgan fingerprint density at radius 1 is 0.848 bits per heavy atom. The molecule has 5 rings (SSSR count). The van der Waals surface area contributed by atoms with E-state index in [4.69, 9.17) is 11.6 Å². The van der Waals surface area contributed by atoms with E-state index in [-0.39, 0.29) is 5.91 Å². The van der Waals surface area contributed by atoms with Crippen molar-refractivity contribution in [2.75, 3.05) is 13.1 Å². The summed E-state index contributed by atoms with van der Waals surface area (Å²) in [5, 5.41) is 6.22. The lowest BCUT2D eigenvalue weighted by Crippen LogP contribution is -2.22. The van der Waals surface area contributed by atoms with Crippen molar-refractivity contribution < 1.29 is 4.79 Å². The smallest absolute Gasteiger partial charge is 0.251 e. The van der Waals surface area contributed by atoms with E-state index in [1.165, 1.54) is 42.3 Å². The molecule has 0 unspecified atom stereocenters. The normalized spacial score (nSPS) is 14.0. The van der Waals surface area contributed by atoms with E-state index in [2.05, 4.69) is 46.6 Å². The van der Waals surface area contributed by atoms with Crippen molar-refractivity contribution in [2.45, 2.75) is 25.9 Å². The molecular formula is C29H27ClN2O. The summed E-state index contributed by atoms with van der Waals surface area (Å²) in [6.07, 6.45) is 2.61. The van der Waals surface area contributed by atoms with Gasteiger partial charge in [-0.3, -0.25) is 9.69 Å². The number of halogens is 1. The van der Waals surface area contributed by atoms with Crippen LogP contribution >= 0.6 is 11.6 Å². The Labute approximate surface area is 200 Å². The molecule has 1 saturated heterocycles. The minimum atomic E-state index is -0.0692. The molecule has 1 heterocycles. The van der Waals surface area contributed by atoms with Crippen LogP contribution in [0.2, 0.25) is 5.02 Å². The molecule has 3 nitrogen and oxygen atoms in total. The summed E-state index contributed by atoms with van der Waals surface area (Å²) in [4.78, 5) is 15.3. The third-order valence-corrected chi connectivity index (χ3v) is 6.66. The fraction of sp³-hybridized carbons (Fsp3) is 0.207. The van der Waals surface area contributed by atoms with Crippen LogP contribution in [-0.4, -0.2) is 23.9 Å². The topological polar surface area (TPSA) is 32.3 Å². The second-order valence-corrected chi connectivity index (χ2v) is 9.16. The van der Waals surface area contributed by atoms with E-state index in [0.29, 0.717) is 17.1 Å². The zero-order chi connectivity index (χ0) is 22.6. The first-order valence-electron chi connectivity index (χ1n) is 11.5. The molecule has 4 heteroatoms. The summed E-state index contributed by atoms with van der Waals surface area (Å²) < 4.78 is 0. The fourth-order valence-electron chi connectivity index (χ4n) is 4.59. The van der Waals surface area contributed by atoms with Gasteiger partial charge in [0.15, 0.2) is 0 Å². The number of fused-ring (bicyclic) bond motifs is 1. The van der Waals surface area contributed by atoms with Gasteiger partial charge in [0, 0.05) is 23.7 Å². The van der Waals surface area contributed by atoms with Crippen LogP contribution in [0.3, 0.4) is 0 Å². The molecule has 0 bridgehead atoms. The highest BCUT2D eigenvalue weighted by Crippen LogP contribution is 2.24. The molecule has 0 aromatic heterocycles. The van der Waals surface area contributed by atoms with E-state index in [1.54, 1.807) is 0 Å². The first-order chi connectivity index (χ1) is 16.2. The van der Waals surface area contributed by atoms with Crippen molar-refractivity contribution in [1.29, 1.82) is 0 Å². The van der Waals surface area contributed by atoms with Crippen molar-refractivity contribution in [3.63, 3.8) is 0 Å². The van der Waals surface area contributed by atoms with Crippen LogP contribution in [0.4, 0.5) is 0 Å². The Balaban J connectivity index is 1.26. The lowest BCUT2D eigenvalue weighted by Gasteiger charge is -2.15. The minimum Gasteiger partial charge on any atom is -0.348 e. The Kier molecular flexibility index (Phi) is 6.43. The second kappa shape index (κ2) is 9.78. The van der Waals surface area contributed by atoms with Crippen LogP contribution < -0.4 is 5.32 Å². The van der Waals surface area contributed by atoms with Gasteiger partial charge in [-0.05, 0) is 89.3 Å². The molecule has 0 spiro atoms. The summed E-state index contributed by atoms with van der Waals surface area (Å²) in [5.41, 5.74) is 5.27. The van der Waals surface area contributed by atoms with Gasteiger partial charge < -0.3 is 5.32 Å². The highest BCUT2D eigenvalue weighted by atomic mass is 35.5. The van der Waals surface area contributed by atoms with Gasteiger partial charge in [0.25, 0.3) is 5.91 Å². The maximum Gasteiger partial charge on any atom is 0.251 e. The largest absolute Gasteiger partial charge is 0.348 e. The van der Waals surface area contributed by atoms with Crippen molar-refractivity contribution >= 4 is 28.3 Å². The number of carbonyl (C=O) groups is 1. The highest BCUT2D eigenvalue weighted by Gasteiger charge is 2.12. The number of rotatable bonds is 6. The Morgan fingerprint density at radius 3 is 2.27 bits per heavy atom. The van der Waals surface area contributed by atoms with Crippen LogP contribution in [0.1, 0.15) is 34.3 Å². The van der Waals surface area contributed by atoms with E-state index >= 15 is 0 Å². The minimum absolute atomic E-state index is 0.0692. The molecule has 1 aliphatic rings. The lowest BCUT2D eigenvalue weighted by molar-refractivity contribution is 0.0951. The zero-order valence-electron chi connectivity index (χ0n) is 18.6. The van der Waals surface area contributed by atoms with Crippen LogP contribution in [-0.2, 0) is 13.1 Å². The van der Waals surface area contributed by atoms with Gasteiger partial charge in [-0.25, -0.2) is 0 Å². The van der Waals surface area contributed by atoms with Crippen LogP contribution in [0.15, 0.2) is 84.9 Å². The molecule has 0 radical (unpaired) electrons. The number of nitrogens with one attached hydrogen (secondary N) is 1. The number of hydrogen-bond donors (Lipinski definition) is 1. The predicted molar refractivity (Wildman–Crippen MR) is 137 cm³/mol. The van der Waals surface area contributed by atoms with Gasteiger partial charge in [0.05, 0.1) is 0 Å².